The van der Waals surface area contributed by atoms with Crippen LogP contribution in [-0.4, -0.2) is 37.6 Å². The third-order valence-corrected chi connectivity index (χ3v) is 2.65. The molecule has 1 rings (SSSR count). The van der Waals surface area contributed by atoms with Crippen LogP contribution in [-0.2, 0) is 9.53 Å². The molecule has 0 radical (unpaired) electrons. The highest BCUT2D eigenvalue weighted by molar-refractivity contribution is 5.96. The average Bonchev–Trinajstić information content (AvgIpc) is 2.44. The minimum absolute atomic E-state index is 0.0301. The second kappa shape index (κ2) is 9.13. The molecule has 0 heterocycles. The molecule has 5 nitrogen and oxygen atoms in total. The lowest BCUT2D eigenvalue weighted by molar-refractivity contribution is -0.141. The molecule has 0 saturated carbocycles. The van der Waals surface area contributed by atoms with E-state index in [4.69, 9.17) is 9.47 Å². The summed E-state index contributed by atoms with van der Waals surface area (Å²) in [7, 11) is 0. The minimum atomic E-state index is -0.305. The summed E-state index contributed by atoms with van der Waals surface area (Å²) in [6.07, 6.45) is 0.447. The number of carbonyl (C=O) groups excluding carboxylic acids is 2. The molecule has 0 atom stereocenters. The maximum Gasteiger partial charge on any atom is 0.319 e. The second-order valence-corrected chi connectivity index (χ2v) is 4.85. The molecule has 1 N–H and O–H groups in total. The Kier molecular flexibility index (Phi) is 7.46. The fourth-order valence-corrected chi connectivity index (χ4v) is 1.74. The molecule has 0 spiro atoms. The average molecular weight is 293 g/mol. The Hall–Kier alpha value is -1.88. The van der Waals surface area contributed by atoms with Gasteiger partial charge in [0.1, 0.15) is 5.75 Å². The molecule has 0 fully saturated rings. The number of nitrogens with one attached hydrogen (secondary N) is 1. The summed E-state index contributed by atoms with van der Waals surface area (Å²) in [4.78, 5) is 23.1. The van der Waals surface area contributed by atoms with Gasteiger partial charge in [-0.2, -0.15) is 0 Å². The van der Waals surface area contributed by atoms with Gasteiger partial charge in [-0.15, -0.1) is 0 Å². The fraction of sp³-hybridized carbons (Fsp3) is 0.500. The lowest BCUT2D eigenvalue weighted by Crippen LogP contribution is -2.26. The number of hydrogen-bond donors (Lipinski definition) is 1. The first kappa shape index (κ1) is 17.2. The molecule has 21 heavy (non-hydrogen) atoms. The van der Waals surface area contributed by atoms with Crippen LogP contribution in [0.5, 0.6) is 5.75 Å². The summed E-state index contributed by atoms with van der Waals surface area (Å²) in [5, 5.41) is 2.89. The van der Waals surface area contributed by atoms with Crippen LogP contribution < -0.4 is 10.1 Å². The highest BCUT2D eigenvalue weighted by atomic mass is 16.5. The van der Waals surface area contributed by atoms with Gasteiger partial charge in [0, 0.05) is 18.5 Å². The smallest absolute Gasteiger partial charge is 0.319 e. The van der Waals surface area contributed by atoms with Crippen LogP contribution in [0, 0.1) is 0 Å². The summed E-state index contributed by atoms with van der Waals surface area (Å²) in [6, 6.07) is 7.09. The molecular weight excluding hydrogens is 270 g/mol. The largest absolute Gasteiger partial charge is 0.491 e. The van der Waals surface area contributed by atoms with Crippen LogP contribution in [0.1, 0.15) is 37.6 Å². The number of rotatable bonds is 9. The molecule has 1 aromatic carbocycles. The highest BCUT2D eigenvalue weighted by Gasteiger charge is 2.07. The zero-order chi connectivity index (χ0) is 15.7. The lowest BCUT2D eigenvalue weighted by Gasteiger charge is -2.10. The van der Waals surface area contributed by atoms with Gasteiger partial charge in [0.2, 0.25) is 0 Å². The highest BCUT2D eigenvalue weighted by Crippen LogP contribution is 2.14. The Morgan fingerprint density at radius 3 is 2.43 bits per heavy atom. The van der Waals surface area contributed by atoms with Crippen LogP contribution in [0.15, 0.2) is 24.3 Å². The van der Waals surface area contributed by atoms with Gasteiger partial charge in [0.15, 0.2) is 5.78 Å². The molecule has 0 saturated heterocycles. The molecule has 116 valence electrons. The summed E-state index contributed by atoms with van der Waals surface area (Å²) < 4.78 is 10.3. The summed E-state index contributed by atoms with van der Waals surface area (Å²) in [5.41, 5.74) is 0.643. The predicted molar refractivity (Wildman–Crippen MR) is 80.7 cm³/mol. The Labute approximate surface area is 125 Å². The van der Waals surface area contributed by atoms with Crippen molar-refractivity contribution in [1.29, 1.82) is 0 Å². The standard InChI is InChI=1S/C16H23NO4/c1-4-20-16(19)11-17-10-9-15(18)13-5-7-14(8-6-13)21-12(2)3/h5-8,12,17H,4,9-11H2,1-3H3. The van der Waals surface area contributed by atoms with Crippen molar-refractivity contribution in [2.75, 3.05) is 19.7 Å². The summed E-state index contributed by atoms with van der Waals surface area (Å²) in [6.45, 7) is 6.60. The van der Waals surface area contributed by atoms with E-state index in [0.29, 0.717) is 25.1 Å². The zero-order valence-electron chi connectivity index (χ0n) is 12.8. The topological polar surface area (TPSA) is 64.6 Å². The zero-order valence-corrected chi connectivity index (χ0v) is 12.8. The Morgan fingerprint density at radius 2 is 1.86 bits per heavy atom. The lowest BCUT2D eigenvalue weighted by atomic mass is 10.1. The van der Waals surface area contributed by atoms with Gasteiger partial charge in [0.05, 0.1) is 19.3 Å². The van der Waals surface area contributed by atoms with Crippen molar-refractivity contribution in [3.63, 3.8) is 0 Å². The summed E-state index contributed by atoms with van der Waals surface area (Å²) >= 11 is 0. The number of carbonyl (C=O) groups is 2. The van der Waals surface area contributed by atoms with Gasteiger partial charge in [0.25, 0.3) is 0 Å². The molecule has 5 heteroatoms. The van der Waals surface area contributed by atoms with Gasteiger partial charge in [-0.1, -0.05) is 0 Å². The molecule has 0 bridgehead atoms. The van der Waals surface area contributed by atoms with E-state index in [1.165, 1.54) is 0 Å². The molecule has 0 aromatic heterocycles. The number of ether oxygens (including phenoxy) is 2. The van der Waals surface area contributed by atoms with E-state index in [-0.39, 0.29) is 24.4 Å². The van der Waals surface area contributed by atoms with Gasteiger partial charge in [-0.3, -0.25) is 9.59 Å². The van der Waals surface area contributed by atoms with E-state index in [2.05, 4.69) is 5.32 Å². The number of Topliss-reactive ketones (excluding diaryl/α,β-unsaturated/α-hetero) is 1. The fourth-order valence-electron chi connectivity index (χ4n) is 1.74. The van der Waals surface area contributed by atoms with Crippen LogP contribution in [0.4, 0.5) is 0 Å². The van der Waals surface area contributed by atoms with E-state index in [1.807, 2.05) is 13.8 Å². The summed E-state index contributed by atoms with van der Waals surface area (Å²) in [5.74, 6) is 0.476. The van der Waals surface area contributed by atoms with Gasteiger partial charge < -0.3 is 14.8 Å². The van der Waals surface area contributed by atoms with Crippen LogP contribution in [0.2, 0.25) is 0 Å². The van der Waals surface area contributed by atoms with Crippen molar-refractivity contribution in [1.82, 2.24) is 5.32 Å². The number of benzene rings is 1. The first-order valence-electron chi connectivity index (χ1n) is 7.19. The predicted octanol–water partition coefficient (Wildman–Crippen LogP) is 2.20. The van der Waals surface area contributed by atoms with E-state index in [9.17, 15) is 9.59 Å². The van der Waals surface area contributed by atoms with Crippen LogP contribution in [0.3, 0.4) is 0 Å². The van der Waals surface area contributed by atoms with Crippen molar-refractivity contribution < 1.29 is 19.1 Å². The first-order chi connectivity index (χ1) is 10.0. The number of esters is 1. The maximum atomic E-state index is 12.0. The van der Waals surface area contributed by atoms with Crippen molar-refractivity contribution in [3.8, 4) is 5.75 Å². The Morgan fingerprint density at radius 1 is 1.19 bits per heavy atom. The molecule has 0 aliphatic rings. The van der Waals surface area contributed by atoms with E-state index in [0.717, 1.165) is 5.75 Å². The Balaban J connectivity index is 2.33. The van der Waals surface area contributed by atoms with Crippen molar-refractivity contribution in [2.45, 2.75) is 33.3 Å². The van der Waals surface area contributed by atoms with Crippen molar-refractivity contribution in [2.24, 2.45) is 0 Å². The minimum Gasteiger partial charge on any atom is -0.491 e. The Bertz CT molecular complexity index is 454. The molecular formula is C16H23NO4. The van der Waals surface area contributed by atoms with Crippen LogP contribution >= 0.6 is 0 Å². The van der Waals surface area contributed by atoms with Gasteiger partial charge in [-0.25, -0.2) is 0 Å². The third kappa shape index (κ3) is 6.90. The normalized spacial score (nSPS) is 10.5. The second-order valence-electron chi connectivity index (χ2n) is 4.85. The maximum absolute atomic E-state index is 12.0. The number of ketones is 1. The molecule has 0 aliphatic heterocycles. The van der Waals surface area contributed by atoms with E-state index >= 15 is 0 Å². The van der Waals surface area contributed by atoms with Crippen molar-refractivity contribution >= 4 is 11.8 Å². The van der Waals surface area contributed by atoms with E-state index < -0.39 is 0 Å². The van der Waals surface area contributed by atoms with Crippen LogP contribution in [0.25, 0.3) is 0 Å². The molecule has 0 unspecified atom stereocenters. The first-order valence-corrected chi connectivity index (χ1v) is 7.19. The van der Waals surface area contributed by atoms with Gasteiger partial charge >= 0.3 is 5.97 Å². The molecule has 1 aromatic rings. The van der Waals surface area contributed by atoms with E-state index in [1.54, 1.807) is 31.2 Å². The third-order valence-electron chi connectivity index (χ3n) is 2.65. The van der Waals surface area contributed by atoms with Gasteiger partial charge in [-0.05, 0) is 45.0 Å². The monoisotopic (exact) mass is 293 g/mol. The number of hydrogen-bond acceptors (Lipinski definition) is 5. The van der Waals surface area contributed by atoms with Crippen molar-refractivity contribution in [3.05, 3.63) is 29.8 Å². The SMILES string of the molecule is CCOC(=O)CNCCC(=O)c1ccc(OC(C)C)cc1. The quantitative estimate of drug-likeness (QED) is 0.429. The molecule has 0 aliphatic carbocycles. The molecule has 0 amide bonds.